The lowest BCUT2D eigenvalue weighted by Crippen LogP contribution is -2.41. The molecule has 19 heavy (non-hydrogen) atoms. The summed E-state index contributed by atoms with van der Waals surface area (Å²) in [5, 5.41) is 10.3. The lowest BCUT2D eigenvalue weighted by Gasteiger charge is -2.27. The molecule has 1 aromatic rings. The highest BCUT2D eigenvalue weighted by molar-refractivity contribution is 5.91. The van der Waals surface area contributed by atoms with Gasteiger partial charge in [-0.2, -0.15) is 0 Å². The van der Waals surface area contributed by atoms with Crippen molar-refractivity contribution in [2.75, 3.05) is 13.6 Å². The molecule has 0 atom stereocenters. The predicted octanol–water partition coefficient (Wildman–Crippen LogP) is 2.36. The molecule has 1 fully saturated rings. The second-order valence-electron chi connectivity index (χ2n) is 5.41. The highest BCUT2D eigenvalue weighted by atomic mass is 16.3. The number of aliphatic hydroxyl groups is 1. The molecule has 4 nitrogen and oxygen atoms in total. The second-order valence-corrected chi connectivity index (χ2v) is 5.41. The van der Waals surface area contributed by atoms with E-state index in [1.165, 1.54) is 6.08 Å². The average Bonchev–Trinajstić information content (AvgIpc) is 2.95. The van der Waals surface area contributed by atoms with Crippen molar-refractivity contribution in [2.45, 2.75) is 38.2 Å². The Balaban J connectivity index is 1.90. The van der Waals surface area contributed by atoms with E-state index in [-0.39, 0.29) is 5.91 Å². The van der Waals surface area contributed by atoms with Crippen molar-refractivity contribution < 1.29 is 14.3 Å². The SMILES string of the molecule is Cc1ccc(/C=C/C(=O)N(C)CC2(O)CCCC2)o1. The lowest BCUT2D eigenvalue weighted by atomic mass is 10.0. The van der Waals surface area contributed by atoms with E-state index in [1.807, 2.05) is 19.1 Å². The van der Waals surface area contributed by atoms with E-state index in [0.29, 0.717) is 12.3 Å². The highest BCUT2D eigenvalue weighted by Gasteiger charge is 2.32. The molecule has 0 aliphatic heterocycles. The van der Waals surface area contributed by atoms with Crippen LogP contribution < -0.4 is 0 Å². The third-order valence-corrected chi connectivity index (χ3v) is 3.59. The van der Waals surface area contributed by atoms with Crippen LogP contribution >= 0.6 is 0 Å². The Bertz CT molecular complexity index is 469. The number of likely N-dealkylation sites (N-methyl/N-ethyl adjacent to an activating group) is 1. The fraction of sp³-hybridized carbons (Fsp3) is 0.533. The first-order valence-corrected chi connectivity index (χ1v) is 6.71. The number of hydrogen-bond acceptors (Lipinski definition) is 3. The molecule has 1 aromatic heterocycles. The van der Waals surface area contributed by atoms with Gasteiger partial charge in [0, 0.05) is 19.7 Å². The van der Waals surface area contributed by atoms with Gasteiger partial charge in [-0.05, 0) is 38.0 Å². The van der Waals surface area contributed by atoms with Crippen LogP contribution in [0, 0.1) is 6.92 Å². The maximum atomic E-state index is 11.9. The molecule has 0 spiro atoms. The molecule has 0 aromatic carbocycles. The Morgan fingerprint density at radius 1 is 1.47 bits per heavy atom. The Labute approximate surface area is 113 Å². The van der Waals surface area contributed by atoms with E-state index in [2.05, 4.69) is 0 Å². The van der Waals surface area contributed by atoms with Crippen LogP contribution in [0.3, 0.4) is 0 Å². The third-order valence-electron chi connectivity index (χ3n) is 3.59. The van der Waals surface area contributed by atoms with Crippen LogP contribution in [-0.4, -0.2) is 35.1 Å². The molecule has 1 heterocycles. The van der Waals surface area contributed by atoms with Crippen molar-refractivity contribution in [3.63, 3.8) is 0 Å². The Hall–Kier alpha value is -1.55. The van der Waals surface area contributed by atoms with Crippen LogP contribution in [-0.2, 0) is 4.79 Å². The number of carbonyl (C=O) groups is 1. The minimum Gasteiger partial charge on any atom is -0.462 e. The van der Waals surface area contributed by atoms with Gasteiger partial charge in [0.1, 0.15) is 11.5 Å². The summed E-state index contributed by atoms with van der Waals surface area (Å²) >= 11 is 0. The number of nitrogens with zero attached hydrogens (tertiary/aromatic N) is 1. The minimum absolute atomic E-state index is 0.116. The minimum atomic E-state index is -0.695. The normalized spacial score (nSPS) is 18.1. The van der Waals surface area contributed by atoms with Crippen molar-refractivity contribution in [3.8, 4) is 0 Å². The Kier molecular flexibility index (Phi) is 4.10. The average molecular weight is 263 g/mol. The van der Waals surface area contributed by atoms with Gasteiger partial charge in [-0.15, -0.1) is 0 Å². The van der Waals surface area contributed by atoms with Gasteiger partial charge in [0.25, 0.3) is 0 Å². The fourth-order valence-electron chi connectivity index (χ4n) is 2.53. The van der Waals surface area contributed by atoms with Gasteiger partial charge in [0.05, 0.1) is 5.60 Å². The highest BCUT2D eigenvalue weighted by Crippen LogP contribution is 2.29. The molecule has 0 radical (unpaired) electrons. The monoisotopic (exact) mass is 263 g/mol. The zero-order chi connectivity index (χ0) is 13.9. The van der Waals surface area contributed by atoms with Crippen molar-refractivity contribution in [1.82, 2.24) is 4.90 Å². The Morgan fingerprint density at radius 2 is 2.16 bits per heavy atom. The van der Waals surface area contributed by atoms with E-state index < -0.39 is 5.60 Å². The molecule has 1 aliphatic rings. The van der Waals surface area contributed by atoms with Gasteiger partial charge >= 0.3 is 0 Å². The molecular weight excluding hydrogens is 242 g/mol. The first-order chi connectivity index (χ1) is 8.98. The van der Waals surface area contributed by atoms with Crippen molar-refractivity contribution >= 4 is 12.0 Å². The number of hydrogen-bond donors (Lipinski definition) is 1. The van der Waals surface area contributed by atoms with Crippen LogP contribution in [0.1, 0.15) is 37.2 Å². The van der Waals surface area contributed by atoms with E-state index in [9.17, 15) is 9.90 Å². The molecule has 4 heteroatoms. The van der Waals surface area contributed by atoms with Crippen LogP contribution in [0.2, 0.25) is 0 Å². The predicted molar refractivity (Wildman–Crippen MR) is 73.5 cm³/mol. The summed E-state index contributed by atoms with van der Waals surface area (Å²) < 4.78 is 5.36. The van der Waals surface area contributed by atoms with Crippen molar-refractivity contribution in [2.24, 2.45) is 0 Å². The smallest absolute Gasteiger partial charge is 0.246 e. The van der Waals surface area contributed by atoms with Gasteiger partial charge in [0.15, 0.2) is 0 Å². The first-order valence-electron chi connectivity index (χ1n) is 6.71. The largest absolute Gasteiger partial charge is 0.462 e. The second kappa shape index (κ2) is 5.61. The van der Waals surface area contributed by atoms with Crippen LogP contribution in [0.5, 0.6) is 0 Å². The van der Waals surface area contributed by atoms with Gasteiger partial charge in [-0.3, -0.25) is 4.79 Å². The number of aryl methyl sites for hydroxylation is 1. The molecule has 104 valence electrons. The fourth-order valence-corrected chi connectivity index (χ4v) is 2.53. The molecule has 0 bridgehead atoms. The Morgan fingerprint density at radius 3 is 2.74 bits per heavy atom. The van der Waals surface area contributed by atoms with Gasteiger partial charge < -0.3 is 14.4 Å². The molecule has 1 saturated carbocycles. The summed E-state index contributed by atoms with van der Waals surface area (Å²) in [6.07, 6.45) is 6.79. The van der Waals surface area contributed by atoms with E-state index >= 15 is 0 Å². The summed E-state index contributed by atoms with van der Waals surface area (Å²) in [6, 6.07) is 3.68. The third kappa shape index (κ3) is 3.70. The molecular formula is C15H21NO3. The number of amides is 1. The topological polar surface area (TPSA) is 53.7 Å². The van der Waals surface area contributed by atoms with E-state index in [1.54, 1.807) is 18.0 Å². The van der Waals surface area contributed by atoms with Gasteiger partial charge in [0.2, 0.25) is 5.91 Å². The number of carbonyl (C=O) groups excluding carboxylic acids is 1. The maximum absolute atomic E-state index is 11.9. The number of furan rings is 1. The van der Waals surface area contributed by atoms with Crippen molar-refractivity contribution in [3.05, 3.63) is 29.7 Å². The zero-order valence-electron chi connectivity index (χ0n) is 11.6. The van der Waals surface area contributed by atoms with E-state index in [0.717, 1.165) is 31.4 Å². The van der Waals surface area contributed by atoms with Crippen LogP contribution in [0.4, 0.5) is 0 Å². The number of rotatable bonds is 4. The van der Waals surface area contributed by atoms with Gasteiger partial charge in [-0.1, -0.05) is 12.8 Å². The summed E-state index contributed by atoms with van der Waals surface area (Å²) in [7, 11) is 1.72. The quantitative estimate of drug-likeness (QED) is 0.848. The summed E-state index contributed by atoms with van der Waals surface area (Å²) in [5.41, 5.74) is -0.695. The molecule has 2 rings (SSSR count). The van der Waals surface area contributed by atoms with Crippen LogP contribution in [0.25, 0.3) is 6.08 Å². The van der Waals surface area contributed by atoms with Crippen molar-refractivity contribution in [1.29, 1.82) is 0 Å². The lowest BCUT2D eigenvalue weighted by molar-refractivity contribution is -0.127. The zero-order valence-corrected chi connectivity index (χ0v) is 11.6. The van der Waals surface area contributed by atoms with Crippen LogP contribution in [0.15, 0.2) is 22.6 Å². The van der Waals surface area contributed by atoms with Gasteiger partial charge in [-0.25, -0.2) is 0 Å². The van der Waals surface area contributed by atoms with E-state index in [4.69, 9.17) is 4.42 Å². The maximum Gasteiger partial charge on any atom is 0.246 e. The first kappa shape index (κ1) is 13.9. The standard InChI is InChI=1S/C15H21NO3/c1-12-5-6-13(19-12)7-8-14(17)16(2)11-15(18)9-3-4-10-15/h5-8,18H,3-4,9-11H2,1-2H3/b8-7+. The summed E-state index contributed by atoms with van der Waals surface area (Å²) in [6.45, 7) is 2.26. The molecule has 1 aliphatic carbocycles. The molecule has 1 N–H and O–H groups in total. The summed E-state index contributed by atoms with van der Waals surface area (Å²) in [5.74, 6) is 1.37. The molecule has 0 unspecified atom stereocenters. The molecule has 1 amide bonds. The summed E-state index contributed by atoms with van der Waals surface area (Å²) in [4.78, 5) is 13.5. The molecule has 0 saturated heterocycles.